The molecule has 0 saturated carbocycles. The van der Waals surface area contributed by atoms with Gasteiger partial charge in [-0.3, -0.25) is 10.6 Å². The van der Waals surface area contributed by atoms with Crippen LogP contribution < -0.4 is 10.7 Å². The molecule has 0 aliphatic rings. The van der Waals surface area contributed by atoms with Crippen molar-refractivity contribution in [2.24, 2.45) is 5.84 Å². The van der Waals surface area contributed by atoms with E-state index in [9.17, 15) is 13.2 Å². The van der Waals surface area contributed by atoms with Crippen LogP contribution in [0, 0.1) is 0 Å². The van der Waals surface area contributed by atoms with Crippen LogP contribution in [0.3, 0.4) is 0 Å². The maximum absolute atomic E-state index is 11.2. The molecule has 3 N–H and O–H groups in total. The van der Waals surface area contributed by atoms with Gasteiger partial charge in [0.2, 0.25) is 0 Å². The summed E-state index contributed by atoms with van der Waals surface area (Å²) in [6.45, 7) is 0. The number of carbonyl (C=O) groups excluding carboxylic acids is 1. The maximum atomic E-state index is 11.2. The molecule has 13 heavy (non-hydrogen) atoms. The molecule has 1 rings (SSSR count). The first-order chi connectivity index (χ1) is 6.08. The fraction of sp³-hybridized carbons (Fsp3) is 0. The average Bonchev–Trinajstić information content (AvgIpc) is 2.18. The molecule has 70 valence electrons. The predicted octanol–water partition coefficient (Wildman–Crippen LogP) is -0.380. The molecule has 1 aromatic rings. The minimum Gasteiger partial charge on any atom is -0.274 e. The number of hydrazine groups is 1. The van der Waals surface area contributed by atoms with Crippen LogP contribution in [0.2, 0.25) is 0 Å². The van der Waals surface area contributed by atoms with Gasteiger partial charge in [0.15, 0.2) is 0 Å². The van der Waals surface area contributed by atoms with Gasteiger partial charge in [-0.1, -0.05) is 30.3 Å². The van der Waals surface area contributed by atoms with E-state index in [1.807, 2.05) is 0 Å². The summed E-state index contributed by atoms with van der Waals surface area (Å²) in [5.74, 6) is 4.69. The van der Waals surface area contributed by atoms with Crippen molar-refractivity contribution < 1.29 is 13.2 Å². The molecule has 0 saturated heterocycles. The lowest BCUT2D eigenvalue weighted by atomic mass is 10.2. The van der Waals surface area contributed by atoms with Gasteiger partial charge < -0.3 is 0 Å². The lowest BCUT2D eigenvalue weighted by Crippen LogP contribution is -2.35. The quantitative estimate of drug-likeness (QED) is 0.503. The summed E-state index contributed by atoms with van der Waals surface area (Å²) in [7, 11) is -4.06. The van der Waals surface area contributed by atoms with Crippen LogP contribution in [-0.2, 0) is 10.0 Å². The third kappa shape index (κ3) is 2.11. The number of carbonyl (C=O) groups is 1. The zero-order valence-electron chi connectivity index (χ0n) is 6.60. The van der Waals surface area contributed by atoms with Crippen molar-refractivity contribution in [3.63, 3.8) is 0 Å². The highest BCUT2D eigenvalue weighted by atomic mass is 32.2. The summed E-state index contributed by atoms with van der Waals surface area (Å²) in [6, 6.07) is 7.62. The molecule has 0 heterocycles. The second-order valence-corrected chi connectivity index (χ2v) is 3.89. The van der Waals surface area contributed by atoms with Crippen molar-refractivity contribution in [2.45, 2.75) is 0 Å². The van der Waals surface area contributed by atoms with Gasteiger partial charge in [-0.15, -0.1) is 4.83 Å². The van der Waals surface area contributed by atoms with Gasteiger partial charge in [0.25, 0.3) is 15.1 Å². The summed E-state index contributed by atoms with van der Waals surface area (Å²) >= 11 is 0. The van der Waals surface area contributed by atoms with Crippen LogP contribution in [0.1, 0.15) is 10.4 Å². The fourth-order valence-electron chi connectivity index (χ4n) is 0.783. The Morgan fingerprint density at radius 1 is 1.23 bits per heavy atom. The molecule has 6 heteroatoms. The summed E-state index contributed by atoms with van der Waals surface area (Å²) in [5.41, 5.74) is 0.0838. The van der Waals surface area contributed by atoms with E-state index in [4.69, 9.17) is 0 Å². The van der Waals surface area contributed by atoms with Gasteiger partial charge in [0.05, 0.1) is 0 Å². The zero-order chi connectivity index (χ0) is 9.90. The molecule has 0 bridgehead atoms. The highest BCUT2D eigenvalue weighted by molar-refractivity contribution is 8.04. The highest BCUT2D eigenvalue weighted by Crippen LogP contribution is 2.03. The van der Waals surface area contributed by atoms with Crippen molar-refractivity contribution in [1.82, 2.24) is 4.83 Å². The van der Waals surface area contributed by atoms with Crippen molar-refractivity contribution in [3.05, 3.63) is 35.9 Å². The number of sulfonamides is 1. The van der Waals surface area contributed by atoms with Gasteiger partial charge in [-0.05, 0) is 0 Å². The topological polar surface area (TPSA) is 89.3 Å². The largest absolute Gasteiger partial charge is 0.292 e. The summed E-state index contributed by atoms with van der Waals surface area (Å²) in [6.07, 6.45) is 0. The molecule has 1 aromatic carbocycles. The fourth-order valence-corrected chi connectivity index (χ4v) is 1.34. The molecule has 0 amide bonds. The maximum Gasteiger partial charge on any atom is 0.292 e. The highest BCUT2D eigenvalue weighted by Gasteiger charge is 2.21. The Balaban J connectivity index is 3.07. The van der Waals surface area contributed by atoms with E-state index >= 15 is 0 Å². The average molecular weight is 200 g/mol. The summed E-state index contributed by atoms with van der Waals surface area (Å²) in [5, 5.41) is -1.03. The SMILES string of the molecule is NNS(=O)(=O)C(=O)c1ccccc1. The van der Waals surface area contributed by atoms with E-state index in [2.05, 4.69) is 5.84 Å². The van der Waals surface area contributed by atoms with Gasteiger partial charge in [-0.25, -0.2) is 8.42 Å². The smallest absolute Gasteiger partial charge is 0.274 e. The van der Waals surface area contributed by atoms with Crippen LogP contribution in [0.15, 0.2) is 30.3 Å². The number of nitrogens with one attached hydrogen (secondary N) is 1. The lowest BCUT2D eigenvalue weighted by Gasteiger charge is -1.99. The molecule has 0 aromatic heterocycles. The minimum absolute atomic E-state index is 0.0838. The molecule has 0 fully saturated rings. The van der Waals surface area contributed by atoms with Crippen LogP contribution in [0.5, 0.6) is 0 Å². The Bertz CT molecular complexity index is 399. The lowest BCUT2D eigenvalue weighted by molar-refractivity contribution is 0.107. The first kappa shape index (κ1) is 9.85. The third-order valence-corrected chi connectivity index (χ3v) is 2.44. The number of benzene rings is 1. The Kier molecular flexibility index (Phi) is 2.76. The van der Waals surface area contributed by atoms with Crippen LogP contribution in [0.4, 0.5) is 0 Å². The van der Waals surface area contributed by atoms with Gasteiger partial charge in [0, 0.05) is 5.56 Å². The molecule has 0 spiro atoms. The number of hydrogen-bond acceptors (Lipinski definition) is 4. The predicted molar refractivity (Wildman–Crippen MR) is 47.0 cm³/mol. The van der Waals surface area contributed by atoms with Crippen LogP contribution in [0.25, 0.3) is 0 Å². The Morgan fingerprint density at radius 2 is 1.77 bits per heavy atom. The second kappa shape index (κ2) is 3.65. The van der Waals surface area contributed by atoms with Crippen LogP contribution in [-0.4, -0.2) is 13.5 Å². The Hall–Kier alpha value is -1.24. The monoisotopic (exact) mass is 200 g/mol. The Morgan fingerprint density at radius 3 is 2.23 bits per heavy atom. The summed E-state index contributed by atoms with van der Waals surface area (Å²) < 4.78 is 21.8. The second-order valence-electron chi connectivity index (χ2n) is 2.27. The molecule has 5 nitrogen and oxygen atoms in total. The van der Waals surface area contributed by atoms with E-state index < -0.39 is 15.1 Å². The molecule has 0 aliphatic carbocycles. The molecule has 0 unspecified atom stereocenters. The van der Waals surface area contributed by atoms with Gasteiger partial charge in [0.1, 0.15) is 0 Å². The standard InChI is InChI=1S/C7H8N2O3S/c8-9-13(11,12)7(10)6-4-2-1-3-5-6/h1-5,9H,8H2. The minimum atomic E-state index is -4.06. The van der Waals surface area contributed by atoms with E-state index in [1.54, 1.807) is 18.2 Å². The third-order valence-electron chi connectivity index (χ3n) is 1.41. The van der Waals surface area contributed by atoms with Gasteiger partial charge >= 0.3 is 0 Å². The molecule has 0 atom stereocenters. The molecular formula is C7H8N2O3S. The first-order valence-corrected chi connectivity index (χ1v) is 4.88. The van der Waals surface area contributed by atoms with E-state index in [1.165, 1.54) is 17.0 Å². The Labute approximate surface area is 75.6 Å². The van der Waals surface area contributed by atoms with E-state index in [0.29, 0.717) is 0 Å². The van der Waals surface area contributed by atoms with Crippen molar-refractivity contribution in [1.29, 1.82) is 0 Å². The van der Waals surface area contributed by atoms with Crippen molar-refractivity contribution in [3.8, 4) is 0 Å². The van der Waals surface area contributed by atoms with Crippen molar-refractivity contribution in [2.75, 3.05) is 0 Å². The number of nitrogens with two attached hydrogens (primary N) is 1. The van der Waals surface area contributed by atoms with Gasteiger partial charge in [-0.2, -0.15) is 0 Å². The molecule has 0 aliphatic heterocycles. The number of hydrogen-bond donors (Lipinski definition) is 2. The van der Waals surface area contributed by atoms with E-state index in [-0.39, 0.29) is 5.56 Å². The van der Waals surface area contributed by atoms with Crippen LogP contribution >= 0.6 is 0 Å². The first-order valence-electron chi connectivity index (χ1n) is 3.40. The van der Waals surface area contributed by atoms with E-state index in [0.717, 1.165) is 0 Å². The zero-order valence-corrected chi connectivity index (χ0v) is 7.41. The normalized spacial score (nSPS) is 11.2. The summed E-state index contributed by atoms with van der Waals surface area (Å²) in [4.78, 5) is 12.6. The van der Waals surface area contributed by atoms with Crippen molar-refractivity contribution >= 4 is 15.1 Å². The molecule has 0 radical (unpaired) electrons. The number of rotatable bonds is 2. The molecular weight excluding hydrogens is 192 g/mol.